The van der Waals surface area contributed by atoms with E-state index in [0.717, 1.165) is 11.3 Å². The summed E-state index contributed by atoms with van der Waals surface area (Å²) in [4.78, 5) is 14.6. The molecule has 1 aliphatic heterocycles. The van der Waals surface area contributed by atoms with Gasteiger partial charge in [0.25, 0.3) is 0 Å². The Morgan fingerprint density at radius 3 is 2.40 bits per heavy atom. The molecule has 0 aliphatic carbocycles. The van der Waals surface area contributed by atoms with Gasteiger partial charge >= 0.3 is 0 Å². The van der Waals surface area contributed by atoms with Crippen molar-refractivity contribution in [1.29, 1.82) is 0 Å². The Bertz CT molecular complexity index is 988. The molecular weight excluding hydrogens is 426 g/mol. The maximum atomic E-state index is 12.9. The van der Waals surface area contributed by atoms with Crippen molar-refractivity contribution in [2.24, 2.45) is 0 Å². The number of methoxy groups -OCH3 is 1. The maximum Gasteiger partial charge on any atom is 0.243 e. The highest BCUT2D eigenvalue weighted by Crippen LogP contribution is 2.27. The molecule has 0 spiro atoms. The van der Waals surface area contributed by atoms with E-state index in [1.54, 1.807) is 7.11 Å². The zero-order valence-corrected chi connectivity index (χ0v) is 18.7. The number of halogens is 1. The molecule has 162 valence electrons. The molecule has 0 saturated carbocycles. The van der Waals surface area contributed by atoms with Crippen LogP contribution in [0, 0.1) is 0 Å². The highest BCUT2D eigenvalue weighted by molar-refractivity contribution is 7.89. The van der Waals surface area contributed by atoms with E-state index >= 15 is 0 Å². The van der Waals surface area contributed by atoms with E-state index in [1.165, 1.54) is 22.5 Å². The molecule has 2 aromatic carbocycles. The number of ether oxygens (including phenoxy) is 1. The highest BCUT2D eigenvalue weighted by Gasteiger charge is 2.28. The molecule has 1 amide bonds. The summed E-state index contributed by atoms with van der Waals surface area (Å²) in [6, 6.07) is 11.9. The number of likely N-dealkylation sites (N-methyl/N-ethyl adjacent to an activating group) is 1. The van der Waals surface area contributed by atoms with Gasteiger partial charge in [-0.2, -0.15) is 4.31 Å². The maximum absolute atomic E-state index is 12.9. The van der Waals surface area contributed by atoms with E-state index in [0.29, 0.717) is 43.3 Å². The third-order valence-electron chi connectivity index (χ3n) is 5.11. The minimum absolute atomic E-state index is 0.127. The summed E-state index contributed by atoms with van der Waals surface area (Å²) < 4.78 is 32.5. The fourth-order valence-electron chi connectivity index (χ4n) is 3.20. The number of rotatable bonds is 7. The van der Waals surface area contributed by atoms with Gasteiger partial charge in [-0.15, -0.1) is 0 Å². The number of sulfonamides is 1. The van der Waals surface area contributed by atoms with Gasteiger partial charge in [-0.25, -0.2) is 8.42 Å². The van der Waals surface area contributed by atoms with E-state index in [4.69, 9.17) is 16.3 Å². The molecule has 1 aliphatic rings. The van der Waals surface area contributed by atoms with Crippen molar-refractivity contribution in [2.75, 3.05) is 45.7 Å². The van der Waals surface area contributed by atoms with E-state index in [-0.39, 0.29) is 17.2 Å². The van der Waals surface area contributed by atoms with E-state index in [9.17, 15) is 13.2 Å². The molecule has 1 N–H and O–H groups in total. The van der Waals surface area contributed by atoms with E-state index in [2.05, 4.69) is 10.2 Å². The second-order valence-corrected chi connectivity index (χ2v) is 9.59. The smallest absolute Gasteiger partial charge is 0.243 e. The average Bonchev–Trinajstić information content (AvgIpc) is 2.74. The largest absolute Gasteiger partial charge is 0.497 e. The number of amides is 1. The molecule has 7 nitrogen and oxygen atoms in total. The van der Waals surface area contributed by atoms with Crippen molar-refractivity contribution in [3.63, 3.8) is 0 Å². The summed E-state index contributed by atoms with van der Waals surface area (Å²) in [6.45, 7) is 2.24. The van der Waals surface area contributed by atoms with Gasteiger partial charge in [0.15, 0.2) is 0 Å². The van der Waals surface area contributed by atoms with Gasteiger partial charge in [0, 0.05) is 32.6 Å². The minimum atomic E-state index is -3.64. The molecule has 0 unspecified atom stereocenters. The van der Waals surface area contributed by atoms with Crippen molar-refractivity contribution in [3.8, 4) is 5.75 Å². The third-order valence-corrected chi connectivity index (χ3v) is 7.34. The van der Waals surface area contributed by atoms with Crippen LogP contribution < -0.4 is 10.1 Å². The lowest BCUT2D eigenvalue weighted by Gasteiger charge is -2.31. The quantitative estimate of drug-likeness (QED) is 0.700. The molecule has 1 saturated heterocycles. The van der Waals surface area contributed by atoms with Crippen LogP contribution in [0.1, 0.15) is 12.0 Å². The fourth-order valence-corrected chi connectivity index (χ4v) is 4.81. The molecule has 3 rings (SSSR count). The topological polar surface area (TPSA) is 78.9 Å². The van der Waals surface area contributed by atoms with Gasteiger partial charge in [-0.05, 0) is 49.4 Å². The van der Waals surface area contributed by atoms with Crippen LogP contribution in [-0.2, 0) is 21.2 Å². The lowest BCUT2D eigenvalue weighted by Crippen LogP contribution is -2.47. The van der Waals surface area contributed by atoms with Crippen molar-refractivity contribution in [3.05, 3.63) is 53.1 Å². The van der Waals surface area contributed by atoms with Crippen molar-refractivity contribution < 1.29 is 17.9 Å². The Labute approximate surface area is 182 Å². The van der Waals surface area contributed by atoms with Gasteiger partial charge in [-0.3, -0.25) is 4.79 Å². The molecular formula is C21H26ClN3O4S. The van der Waals surface area contributed by atoms with Crippen LogP contribution in [-0.4, -0.2) is 63.9 Å². The number of nitrogens with zero attached hydrogens (tertiary/aromatic N) is 2. The van der Waals surface area contributed by atoms with Crippen molar-refractivity contribution in [1.82, 2.24) is 9.21 Å². The molecule has 0 aromatic heterocycles. The summed E-state index contributed by atoms with van der Waals surface area (Å²) in [5.41, 5.74) is 1.30. The predicted octanol–water partition coefficient (Wildman–Crippen LogP) is 2.86. The van der Waals surface area contributed by atoms with Gasteiger partial charge in [0.2, 0.25) is 15.9 Å². The van der Waals surface area contributed by atoms with Crippen molar-refractivity contribution >= 4 is 33.2 Å². The minimum Gasteiger partial charge on any atom is -0.497 e. The Morgan fingerprint density at radius 2 is 1.77 bits per heavy atom. The van der Waals surface area contributed by atoms with Crippen LogP contribution in [0.4, 0.5) is 5.69 Å². The first-order chi connectivity index (χ1) is 14.3. The number of nitrogens with one attached hydrogen (secondary N) is 1. The first-order valence-electron chi connectivity index (χ1n) is 9.70. The lowest BCUT2D eigenvalue weighted by atomic mass is 10.1. The van der Waals surface area contributed by atoms with Gasteiger partial charge < -0.3 is 15.0 Å². The van der Waals surface area contributed by atoms with E-state index < -0.39 is 10.0 Å². The number of aryl methyl sites for hydroxylation is 1. The van der Waals surface area contributed by atoms with Crippen LogP contribution in [0.3, 0.4) is 0 Å². The van der Waals surface area contributed by atoms with Gasteiger partial charge in [0.1, 0.15) is 5.75 Å². The number of carbonyl (C=O) groups is 1. The summed E-state index contributed by atoms with van der Waals surface area (Å²) in [7, 11) is -0.0720. The second-order valence-electron chi connectivity index (χ2n) is 7.25. The number of carbonyl (C=O) groups excluding carboxylic acids is 1. The zero-order valence-electron chi connectivity index (χ0n) is 17.1. The molecule has 0 bridgehead atoms. The third kappa shape index (κ3) is 5.51. The van der Waals surface area contributed by atoms with Crippen LogP contribution in [0.25, 0.3) is 0 Å². The molecule has 30 heavy (non-hydrogen) atoms. The fraction of sp³-hybridized carbons (Fsp3) is 0.381. The molecule has 1 fully saturated rings. The van der Waals surface area contributed by atoms with Crippen molar-refractivity contribution in [2.45, 2.75) is 17.7 Å². The first-order valence-corrected chi connectivity index (χ1v) is 11.5. The molecule has 2 aromatic rings. The number of hydrogen-bond acceptors (Lipinski definition) is 5. The SMILES string of the molecule is COc1ccc(CCC(=O)Nc2cc(S(=O)(=O)N3CCN(C)CC3)ccc2Cl)cc1. The normalized spacial score (nSPS) is 15.7. The van der Waals surface area contributed by atoms with Crippen LogP contribution in [0.2, 0.25) is 5.02 Å². The Hall–Kier alpha value is -2.13. The van der Waals surface area contributed by atoms with Gasteiger partial charge in [-0.1, -0.05) is 23.7 Å². The summed E-state index contributed by atoms with van der Waals surface area (Å²) in [5, 5.41) is 3.04. The number of piperazine rings is 1. The van der Waals surface area contributed by atoms with Gasteiger partial charge in [0.05, 0.1) is 22.7 Å². The number of hydrogen-bond donors (Lipinski definition) is 1. The van der Waals surface area contributed by atoms with Crippen LogP contribution in [0.5, 0.6) is 5.75 Å². The van der Waals surface area contributed by atoms with Crippen LogP contribution >= 0.6 is 11.6 Å². The molecule has 1 heterocycles. The molecule has 0 atom stereocenters. The Morgan fingerprint density at radius 1 is 1.10 bits per heavy atom. The lowest BCUT2D eigenvalue weighted by molar-refractivity contribution is -0.116. The summed E-state index contributed by atoms with van der Waals surface area (Å²) in [6.07, 6.45) is 0.796. The number of benzene rings is 2. The zero-order chi connectivity index (χ0) is 21.7. The monoisotopic (exact) mass is 451 g/mol. The van der Waals surface area contributed by atoms with Crippen LogP contribution in [0.15, 0.2) is 47.4 Å². The Balaban J connectivity index is 1.66. The molecule has 0 radical (unpaired) electrons. The number of anilines is 1. The predicted molar refractivity (Wildman–Crippen MR) is 118 cm³/mol. The summed E-state index contributed by atoms with van der Waals surface area (Å²) in [5.74, 6) is 0.523. The second kappa shape index (κ2) is 9.78. The summed E-state index contributed by atoms with van der Waals surface area (Å²) >= 11 is 6.20. The standard InChI is InChI=1S/C21H26ClN3O4S/c1-24-11-13-25(14-12-24)30(27,28)18-8-9-19(22)20(15-18)23-21(26)10-5-16-3-6-17(29-2)7-4-16/h3-4,6-9,15H,5,10-14H2,1-2H3,(H,23,26). The first kappa shape index (κ1) is 22.6. The average molecular weight is 452 g/mol. The highest BCUT2D eigenvalue weighted by atomic mass is 35.5. The Kier molecular flexibility index (Phi) is 7.36. The molecule has 9 heteroatoms. The van der Waals surface area contributed by atoms with E-state index in [1.807, 2.05) is 31.3 Å².